The molecule has 0 atom stereocenters. The summed E-state index contributed by atoms with van der Waals surface area (Å²) in [5.41, 5.74) is 6.68. The highest BCUT2D eigenvalue weighted by molar-refractivity contribution is 7.79. The molecular formula is C10H16N2O6S. The van der Waals surface area contributed by atoms with Gasteiger partial charge in [-0.05, 0) is 25.8 Å². The molecular weight excluding hydrogens is 276 g/mol. The molecule has 0 fully saturated rings. The summed E-state index contributed by atoms with van der Waals surface area (Å²) in [6.07, 6.45) is 0.713. The molecule has 0 saturated heterocycles. The van der Waals surface area contributed by atoms with E-state index in [-0.39, 0.29) is 11.2 Å². The number of nitrogens with two attached hydrogens (primary N) is 1. The maximum atomic E-state index is 10.4. The molecule has 0 aliphatic carbocycles. The van der Waals surface area contributed by atoms with Crippen molar-refractivity contribution < 1.29 is 22.4 Å². The number of benzene rings is 1. The van der Waals surface area contributed by atoms with E-state index in [4.69, 9.17) is 23.3 Å². The third kappa shape index (κ3) is 11.3. The van der Waals surface area contributed by atoms with E-state index in [9.17, 15) is 10.1 Å². The van der Waals surface area contributed by atoms with Gasteiger partial charge in [0.1, 0.15) is 0 Å². The minimum atomic E-state index is -4.67. The van der Waals surface area contributed by atoms with Crippen molar-refractivity contribution in [1.29, 1.82) is 0 Å². The number of rotatable bonds is 3. The van der Waals surface area contributed by atoms with Gasteiger partial charge in [-0.2, -0.15) is 8.42 Å². The van der Waals surface area contributed by atoms with E-state index in [1.54, 1.807) is 12.1 Å². The summed E-state index contributed by atoms with van der Waals surface area (Å²) >= 11 is 0. The van der Waals surface area contributed by atoms with E-state index in [1.807, 2.05) is 13.8 Å². The van der Waals surface area contributed by atoms with Gasteiger partial charge in [-0.3, -0.25) is 19.2 Å². The molecule has 8 nitrogen and oxygen atoms in total. The lowest BCUT2D eigenvalue weighted by Crippen LogP contribution is -2.34. The second-order valence-electron chi connectivity index (χ2n) is 4.54. The molecule has 108 valence electrons. The molecule has 4 N–H and O–H groups in total. The zero-order valence-electron chi connectivity index (χ0n) is 10.5. The molecule has 0 heterocycles. The van der Waals surface area contributed by atoms with Crippen LogP contribution in [0.4, 0.5) is 5.69 Å². The van der Waals surface area contributed by atoms with Crippen molar-refractivity contribution in [2.24, 2.45) is 5.73 Å². The normalized spacial score (nSPS) is 11.4. The zero-order valence-corrected chi connectivity index (χ0v) is 11.3. The Balaban J connectivity index is 0.000000555. The monoisotopic (exact) mass is 292 g/mol. The number of non-ortho nitro benzene ring substituents is 1. The molecule has 1 rings (SSSR count). The average Bonchev–Trinajstić information content (AvgIpc) is 2.12. The molecule has 0 spiro atoms. The second-order valence-corrected chi connectivity index (χ2v) is 5.43. The van der Waals surface area contributed by atoms with Crippen LogP contribution in [0, 0.1) is 10.1 Å². The fourth-order valence-electron chi connectivity index (χ4n) is 1.26. The van der Waals surface area contributed by atoms with E-state index in [0.29, 0.717) is 6.42 Å². The highest BCUT2D eigenvalue weighted by Gasteiger charge is 2.12. The van der Waals surface area contributed by atoms with Crippen LogP contribution in [0.2, 0.25) is 0 Å². The largest absolute Gasteiger partial charge is 0.394 e. The van der Waals surface area contributed by atoms with Crippen molar-refractivity contribution in [2.45, 2.75) is 25.8 Å². The van der Waals surface area contributed by atoms with Crippen molar-refractivity contribution in [3.05, 3.63) is 39.9 Å². The SMILES string of the molecule is CC(C)(N)Cc1ccc([N+](=O)[O-])cc1.O=S(=O)(O)O. The van der Waals surface area contributed by atoms with Gasteiger partial charge in [0.05, 0.1) is 4.92 Å². The number of nitro groups is 1. The predicted molar refractivity (Wildman–Crippen MR) is 69.2 cm³/mol. The quantitative estimate of drug-likeness (QED) is 0.431. The lowest BCUT2D eigenvalue weighted by molar-refractivity contribution is -0.384. The highest BCUT2D eigenvalue weighted by Crippen LogP contribution is 2.15. The Morgan fingerprint density at radius 1 is 1.26 bits per heavy atom. The zero-order chi connectivity index (χ0) is 15.3. The Morgan fingerprint density at radius 2 is 1.63 bits per heavy atom. The van der Waals surface area contributed by atoms with Crippen LogP contribution in [0.1, 0.15) is 19.4 Å². The maximum Gasteiger partial charge on any atom is 0.394 e. The number of hydrogen-bond donors (Lipinski definition) is 3. The minimum absolute atomic E-state index is 0.114. The topological polar surface area (TPSA) is 144 Å². The lowest BCUT2D eigenvalue weighted by Gasteiger charge is -2.17. The average molecular weight is 292 g/mol. The number of hydrogen-bond acceptors (Lipinski definition) is 5. The Hall–Kier alpha value is -1.55. The second kappa shape index (κ2) is 6.57. The van der Waals surface area contributed by atoms with E-state index in [0.717, 1.165) is 5.56 Å². The molecule has 0 radical (unpaired) electrons. The van der Waals surface area contributed by atoms with Gasteiger partial charge in [0, 0.05) is 17.7 Å². The van der Waals surface area contributed by atoms with Crippen LogP contribution < -0.4 is 5.73 Å². The first-order chi connectivity index (χ1) is 8.38. The smallest absolute Gasteiger partial charge is 0.325 e. The van der Waals surface area contributed by atoms with Crippen molar-refractivity contribution >= 4 is 16.1 Å². The van der Waals surface area contributed by atoms with Crippen molar-refractivity contribution in [3.63, 3.8) is 0 Å². The first kappa shape index (κ1) is 17.4. The first-order valence-corrected chi connectivity index (χ1v) is 6.50. The van der Waals surface area contributed by atoms with E-state index >= 15 is 0 Å². The van der Waals surface area contributed by atoms with Crippen LogP contribution in [-0.4, -0.2) is 28.0 Å². The minimum Gasteiger partial charge on any atom is -0.325 e. The van der Waals surface area contributed by atoms with Crippen LogP contribution >= 0.6 is 0 Å². The summed E-state index contributed by atoms with van der Waals surface area (Å²) in [6, 6.07) is 6.49. The molecule has 19 heavy (non-hydrogen) atoms. The van der Waals surface area contributed by atoms with Gasteiger partial charge in [-0.1, -0.05) is 12.1 Å². The van der Waals surface area contributed by atoms with Gasteiger partial charge in [0.25, 0.3) is 5.69 Å². The van der Waals surface area contributed by atoms with E-state index in [1.165, 1.54) is 12.1 Å². The van der Waals surface area contributed by atoms with Gasteiger partial charge in [0.2, 0.25) is 0 Å². The van der Waals surface area contributed by atoms with Crippen LogP contribution in [-0.2, 0) is 16.8 Å². The summed E-state index contributed by atoms with van der Waals surface area (Å²) < 4.78 is 31.6. The fourth-order valence-corrected chi connectivity index (χ4v) is 1.26. The standard InChI is InChI=1S/C10H14N2O2.H2O4S/c1-10(2,11)7-8-3-5-9(6-4-8)12(13)14;1-5(2,3)4/h3-6H,7,11H2,1-2H3;(H2,1,2,3,4). The Labute approximate surface area is 111 Å². The molecule has 0 bridgehead atoms. The van der Waals surface area contributed by atoms with Crippen LogP contribution in [0.25, 0.3) is 0 Å². The third-order valence-electron chi connectivity index (χ3n) is 1.81. The van der Waals surface area contributed by atoms with Gasteiger partial charge in [-0.15, -0.1) is 0 Å². The third-order valence-corrected chi connectivity index (χ3v) is 1.81. The highest BCUT2D eigenvalue weighted by atomic mass is 32.3. The van der Waals surface area contributed by atoms with E-state index in [2.05, 4.69) is 0 Å². The molecule has 0 aromatic heterocycles. The summed E-state index contributed by atoms with van der Waals surface area (Å²) in [4.78, 5) is 9.97. The molecule has 0 amide bonds. The van der Waals surface area contributed by atoms with Crippen molar-refractivity contribution in [3.8, 4) is 0 Å². The molecule has 1 aromatic rings. The summed E-state index contributed by atoms with van der Waals surface area (Å²) in [5.74, 6) is 0. The Bertz CT molecular complexity index is 510. The molecule has 0 unspecified atom stereocenters. The summed E-state index contributed by atoms with van der Waals surface area (Å²) in [6.45, 7) is 3.85. The lowest BCUT2D eigenvalue weighted by atomic mass is 9.96. The predicted octanol–water partition coefficient (Wildman–Crippen LogP) is 1.22. The molecule has 0 saturated carbocycles. The van der Waals surface area contributed by atoms with Gasteiger partial charge < -0.3 is 5.73 Å². The maximum absolute atomic E-state index is 10.4. The number of nitrogens with zero attached hydrogens (tertiary/aromatic N) is 1. The van der Waals surface area contributed by atoms with Crippen LogP contribution in [0.15, 0.2) is 24.3 Å². The molecule has 0 aliphatic rings. The van der Waals surface area contributed by atoms with Crippen LogP contribution in [0.5, 0.6) is 0 Å². The first-order valence-electron chi connectivity index (χ1n) is 5.10. The van der Waals surface area contributed by atoms with Crippen LogP contribution in [0.3, 0.4) is 0 Å². The van der Waals surface area contributed by atoms with Crippen molar-refractivity contribution in [1.82, 2.24) is 0 Å². The van der Waals surface area contributed by atoms with E-state index < -0.39 is 15.3 Å². The fraction of sp³-hybridized carbons (Fsp3) is 0.400. The van der Waals surface area contributed by atoms with Gasteiger partial charge in [-0.25, -0.2) is 0 Å². The number of nitro benzene ring substituents is 1. The summed E-state index contributed by atoms with van der Waals surface area (Å²) in [5, 5.41) is 10.4. The Kier molecular flexibility index (Phi) is 6.03. The van der Waals surface area contributed by atoms with Crippen molar-refractivity contribution in [2.75, 3.05) is 0 Å². The van der Waals surface area contributed by atoms with Gasteiger partial charge >= 0.3 is 10.4 Å². The Morgan fingerprint density at radius 3 is 1.89 bits per heavy atom. The summed E-state index contributed by atoms with van der Waals surface area (Å²) in [7, 11) is -4.67. The molecule has 1 aromatic carbocycles. The molecule has 0 aliphatic heterocycles. The molecule has 9 heteroatoms. The van der Waals surface area contributed by atoms with Gasteiger partial charge in [0.15, 0.2) is 0 Å².